The van der Waals surface area contributed by atoms with E-state index >= 15 is 0 Å². The molecule has 2 heterocycles. The third kappa shape index (κ3) is 5.45. The summed E-state index contributed by atoms with van der Waals surface area (Å²) in [5.74, 6) is -0.269. The average Bonchev–Trinajstić information content (AvgIpc) is 3.93. The first kappa shape index (κ1) is 32.9. The van der Waals surface area contributed by atoms with Gasteiger partial charge in [-0.15, -0.1) is 0 Å². The maximum absolute atomic E-state index is 14.4. The lowest BCUT2D eigenvalue weighted by Gasteiger charge is -2.26. The van der Waals surface area contributed by atoms with Crippen molar-refractivity contribution in [1.29, 1.82) is 0 Å². The summed E-state index contributed by atoms with van der Waals surface area (Å²) in [6, 6.07) is 9.36. The third-order valence-corrected chi connectivity index (χ3v) is 13.8. The van der Waals surface area contributed by atoms with Crippen LogP contribution in [0.3, 0.4) is 0 Å². The zero-order valence-corrected chi connectivity index (χ0v) is 28.3. The Balaban J connectivity index is 1.33. The lowest BCUT2D eigenvalue weighted by Crippen LogP contribution is -2.37. The van der Waals surface area contributed by atoms with Crippen molar-refractivity contribution in [2.45, 2.75) is 80.4 Å². The minimum atomic E-state index is -5.02. The van der Waals surface area contributed by atoms with E-state index in [0.717, 1.165) is 31.7 Å². The smallest absolute Gasteiger partial charge is 0.309 e. The fourth-order valence-corrected chi connectivity index (χ4v) is 10.8. The average molecular weight is 722 g/mol. The molecule has 254 valence electrons. The van der Waals surface area contributed by atoms with Crippen LogP contribution in [0, 0.1) is 11.8 Å². The van der Waals surface area contributed by atoms with Gasteiger partial charge in [-0.05, 0) is 118 Å². The van der Waals surface area contributed by atoms with Crippen LogP contribution in [0.4, 0.5) is 30.2 Å². The number of amides is 2. The molecule has 9 nitrogen and oxygen atoms in total. The first-order valence-corrected chi connectivity index (χ1v) is 18.8. The van der Waals surface area contributed by atoms with E-state index in [-0.39, 0.29) is 39.4 Å². The van der Waals surface area contributed by atoms with E-state index in [0.29, 0.717) is 47.5 Å². The van der Waals surface area contributed by atoms with Gasteiger partial charge in [-0.2, -0.15) is 16.9 Å². The van der Waals surface area contributed by atoms with Gasteiger partial charge in [0.05, 0.1) is 26.1 Å². The van der Waals surface area contributed by atoms with Crippen molar-refractivity contribution >= 4 is 60.5 Å². The number of benzene rings is 3. The van der Waals surface area contributed by atoms with Crippen LogP contribution in [0.2, 0.25) is 5.02 Å². The molecule has 15 heteroatoms. The Bertz CT molecular complexity index is 1980. The van der Waals surface area contributed by atoms with Gasteiger partial charge in [-0.3, -0.25) is 9.59 Å². The molecule has 0 radical (unpaired) electrons. The Kier molecular flexibility index (Phi) is 7.68. The topological polar surface area (TPSA) is 112 Å². The van der Waals surface area contributed by atoms with Crippen LogP contribution in [0.25, 0.3) is 0 Å². The van der Waals surface area contributed by atoms with Gasteiger partial charge in [0.1, 0.15) is 0 Å². The Labute approximate surface area is 281 Å². The molecule has 2 amide bonds. The summed E-state index contributed by atoms with van der Waals surface area (Å²) in [6.45, 7) is 3.67. The predicted molar refractivity (Wildman–Crippen MR) is 173 cm³/mol. The standard InChI is InChI=1S/C33H31ClF3N3O6S2/c1-18-13-22-15-25(8-11-29(22)38(18)31(41)20-3-4-20)47(43,44)40(24-7-10-27(28(34)17-24)33(35,36)37)48(45,46)26-9-12-30-23(16-26)14-19(2)39(30)32(42)21-5-6-21/h7-12,15-21H,3-6,13-14H2,1-2H3/t18-,19-/m1/s1. The number of rotatable bonds is 7. The zero-order valence-electron chi connectivity index (χ0n) is 25.9. The number of nitrogens with zero attached hydrogens (tertiary/aromatic N) is 3. The fourth-order valence-electron chi connectivity index (χ4n) is 6.71. The maximum atomic E-state index is 14.4. The highest BCUT2D eigenvalue weighted by Crippen LogP contribution is 2.44. The summed E-state index contributed by atoms with van der Waals surface area (Å²) in [4.78, 5) is 28.4. The number of halogens is 4. The monoisotopic (exact) mass is 721 g/mol. The highest BCUT2D eigenvalue weighted by atomic mass is 35.5. The lowest BCUT2D eigenvalue weighted by atomic mass is 10.1. The van der Waals surface area contributed by atoms with Crippen molar-refractivity contribution in [3.8, 4) is 0 Å². The van der Waals surface area contributed by atoms with Crippen LogP contribution in [-0.4, -0.2) is 40.7 Å². The molecule has 2 aliphatic carbocycles. The molecule has 3 aromatic carbocycles. The molecule has 2 fully saturated rings. The second kappa shape index (κ2) is 11.2. The van der Waals surface area contributed by atoms with Gasteiger partial charge in [0.2, 0.25) is 11.8 Å². The lowest BCUT2D eigenvalue weighted by molar-refractivity contribution is -0.137. The SMILES string of the molecule is C[C@@H]1Cc2cc(S(=O)(=O)N(c3ccc(C(F)(F)F)c(Cl)c3)S(=O)(=O)c3ccc4c(c3)C[C@@H](C)N4C(=O)C3CC3)ccc2N1C(=O)C1CC1. The van der Waals surface area contributed by atoms with E-state index in [1.807, 2.05) is 13.8 Å². The van der Waals surface area contributed by atoms with E-state index in [1.54, 1.807) is 9.80 Å². The summed E-state index contributed by atoms with van der Waals surface area (Å²) in [5.41, 5.74) is 0.222. The number of hydrogen-bond acceptors (Lipinski definition) is 6. The summed E-state index contributed by atoms with van der Waals surface area (Å²) in [5, 5.41) is -0.885. The van der Waals surface area contributed by atoms with Crippen LogP contribution >= 0.6 is 11.6 Å². The summed E-state index contributed by atoms with van der Waals surface area (Å²) in [6.07, 6.45) is -1.10. The number of anilines is 3. The molecule has 0 spiro atoms. The Hall–Kier alpha value is -3.62. The molecular formula is C33H31ClF3N3O6S2. The second-order valence-corrected chi connectivity index (χ2v) is 17.2. The number of carbonyl (C=O) groups is 2. The highest BCUT2D eigenvalue weighted by Gasteiger charge is 2.44. The van der Waals surface area contributed by atoms with Crippen LogP contribution in [0.1, 0.15) is 56.2 Å². The van der Waals surface area contributed by atoms with E-state index in [4.69, 9.17) is 11.6 Å². The molecule has 7 rings (SSSR count). The van der Waals surface area contributed by atoms with Crippen molar-refractivity contribution in [2.75, 3.05) is 13.5 Å². The van der Waals surface area contributed by atoms with E-state index in [9.17, 15) is 39.6 Å². The fraction of sp³-hybridized carbons (Fsp3) is 0.394. The van der Waals surface area contributed by atoms with Crippen molar-refractivity contribution in [1.82, 2.24) is 0 Å². The third-order valence-electron chi connectivity index (χ3n) is 9.36. The first-order valence-electron chi connectivity index (χ1n) is 15.6. The maximum Gasteiger partial charge on any atom is 0.417 e. The summed E-state index contributed by atoms with van der Waals surface area (Å²) < 4.78 is 98.5. The number of sulfonamides is 2. The van der Waals surface area contributed by atoms with Crippen molar-refractivity contribution in [2.24, 2.45) is 11.8 Å². The predicted octanol–water partition coefficient (Wildman–Crippen LogP) is 6.32. The molecule has 0 bridgehead atoms. The van der Waals surface area contributed by atoms with Gasteiger partial charge in [-0.25, -0.2) is 16.8 Å². The molecule has 0 unspecified atom stereocenters. The van der Waals surface area contributed by atoms with E-state index in [1.165, 1.54) is 36.4 Å². The largest absolute Gasteiger partial charge is 0.417 e. The summed E-state index contributed by atoms with van der Waals surface area (Å²) in [7, 11) is -10.0. The van der Waals surface area contributed by atoms with E-state index in [2.05, 4.69) is 0 Å². The summed E-state index contributed by atoms with van der Waals surface area (Å²) >= 11 is 5.98. The molecule has 0 N–H and O–H groups in total. The molecular weight excluding hydrogens is 691 g/mol. The van der Waals surface area contributed by atoms with Crippen molar-refractivity contribution in [3.05, 3.63) is 76.3 Å². The molecule has 4 aliphatic rings. The Morgan fingerprint density at radius 1 is 0.729 bits per heavy atom. The number of fused-ring (bicyclic) bond motifs is 2. The first-order chi connectivity index (χ1) is 22.5. The highest BCUT2D eigenvalue weighted by molar-refractivity contribution is 8.10. The van der Waals surface area contributed by atoms with Gasteiger partial charge in [-0.1, -0.05) is 11.6 Å². The molecule has 2 saturated carbocycles. The molecule has 3 aromatic rings. The van der Waals surface area contributed by atoms with Gasteiger partial charge < -0.3 is 9.80 Å². The Morgan fingerprint density at radius 3 is 1.54 bits per heavy atom. The zero-order chi connectivity index (χ0) is 34.5. The quantitative estimate of drug-likeness (QED) is 0.283. The van der Waals surface area contributed by atoms with Crippen LogP contribution < -0.4 is 13.5 Å². The van der Waals surface area contributed by atoms with Crippen LogP contribution in [-0.2, 0) is 48.7 Å². The minimum absolute atomic E-state index is 0.0521. The van der Waals surface area contributed by atoms with E-state index < -0.39 is 52.3 Å². The van der Waals surface area contributed by atoms with Crippen molar-refractivity contribution < 1.29 is 39.6 Å². The molecule has 0 aromatic heterocycles. The molecule has 2 aliphatic heterocycles. The van der Waals surface area contributed by atoms with Gasteiger partial charge in [0.25, 0.3) is 20.0 Å². The second-order valence-electron chi connectivity index (χ2n) is 13.0. The molecule has 48 heavy (non-hydrogen) atoms. The number of hydrogen-bond donors (Lipinski definition) is 0. The normalized spacial score (nSPS) is 20.9. The molecule has 0 saturated heterocycles. The Morgan fingerprint density at radius 2 is 1.17 bits per heavy atom. The minimum Gasteiger partial charge on any atom is -0.309 e. The van der Waals surface area contributed by atoms with Crippen LogP contribution in [0.5, 0.6) is 0 Å². The molecule has 2 atom stereocenters. The van der Waals surface area contributed by atoms with Crippen LogP contribution in [0.15, 0.2) is 64.4 Å². The number of alkyl halides is 3. The van der Waals surface area contributed by atoms with Gasteiger partial charge >= 0.3 is 6.18 Å². The van der Waals surface area contributed by atoms with Gasteiger partial charge in [0, 0.05) is 35.3 Å². The number of carbonyl (C=O) groups excluding carboxylic acids is 2. The van der Waals surface area contributed by atoms with Gasteiger partial charge in [0.15, 0.2) is 0 Å². The van der Waals surface area contributed by atoms with Crippen molar-refractivity contribution in [3.63, 3.8) is 0 Å².